The van der Waals surface area contributed by atoms with Crippen LogP contribution in [0.2, 0.25) is 0 Å². The maximum absolute atomic E-state index is 11.8. The van der Waals surface area contributed by atoms with Crippen LogP contribution in [-0.2, 0) is 0 Å². The van der Waals surface area contributed by atoms with Gasteiger partial charge in [0.2, 0.25) is 0 Å². The van der Waals surface area contributed by atoms with Crippen molar-refractivity contribution < 1.29 is 9.90 Å². The van der Waals surface area contributed by atoms with Crippen molar-refractivity contribution >= 4 is 11.7 Å². The van der Waals surface area contributed by atoms with Gasteiger partial charge in [-0.3, -0.25) is 10.1 Å². The molecule has 4 N–H and O–H groups in total. The van der Waals surface area contributed by atoms with Gasteiger partial charge in [-0.1, -0.05) is 13.0 Å². The Hall–Kier alpha value is -2.41. The van der Waals surface area contributed by atoms with Crippen LogP contribution in [0.3, 0.4) is 0 Å². The molecule has 0 bridgehead atoms. The number of hydrogen-bond donors (Lipinski definition) is 4. The first kappa shape index (κ1) is 14.0. The monoisotopic (exact) mass is 275 g/mol. The van der Waals surface area contributed by atoms with E-state index in [9.17, 15) is 4.79 Å². The van der Waals surface area contributed by atoms with Gasteiger partial charge in [0.1, 0.15) is 5.69 Å². The van der Waals surface area contributed by atoms with Crippen LogP contribution in [0.15, 0.2) is 30.6 Å². The Bertz CT molecular complexity index is 551. The number of carbonyl (C=O) groups is 1. The minimum absolute atomic E-state index is 0.0948. The number of aliphatic hydroxyl groups excluding tert-OH is 1. The summed E-state index contributed by atoms with van der Waals surface area (Å²) in [5.41, 5.74) is 1.86. The summed E-state index contributed by atoms with van der Waals surface area (Å²) >= 11 is 0. The molecule has 1 atom stereocenters. The molecule has 2 amide bonds. The Morgan fingerprint density at radius 2 is 2.35 bits per heavy atom. The predicted octanol–water partition coefficient (Wildman–Crippen LogP) is 1.36. The van der Waals surface area contributed by atoms with Gasteiger partial charge in [0, 0.05) is 6.20 Å². The lowest BCUT2D eigenvalue weighted by atomic mass is 10.2. The number of amides is 2. The molecule has 7 heteroatoms. The van der Waals surface area contributed by atoms with Gasteiger partial charge in [0.05, 0.1) is 30.2 Å². The number of carbonyl (C=O) groups excluding carboxylic acids is 1. The Morgan fingerprint density at radius 3 is 3.00 bits per heavy atom. The molecule has 0 saturated carbocycles. The second-order valence-corrected chi connectivity index (χ2v) is 4.26. The van der Waals surface area contributed by atoms with Crippen LogP contribution in [0.5, 0.6) is 0 Å². The van der Waals surface area contributed by atoms with Crippen molar-refractivity contribution in [1.82, 2.24) is 20.5 Å². The SMILES string of the molecule is CCC(CO)NC(=O)Nc1cn[nH]c1-c1ccccn1. The van der Waals surface area contributed by atoms with E-state index in [1.807, 2.05) is 25.1 Å². The van der Waals surface area contributed by atoms with Crippen molar-refractivity contribution in [2.24, 2.45) is 0 Å². The van der Waals surface area contributed by atoms with Crippen molar-refractivity contribution in [3.8, 4) is 11.4 Å². The van der Waals surface area contributed by atoms with E-state index in [2.05, 4.69) is 25.8 Å². The Morgan fingerprint density at radius 1 is 1.50 bits per heavy atom. The first-order valence-electron chi connectivity index (χ1n) is 6.37. The highest BCUT2D eigenvalue weighted by Gasteiger charge is 2.13. The zero-order valence-corrected chi connectivity index (χ0v) is 11.1. The smallest absolute Gasteiger partial charge is 0.319 e. The maximum Gasteiger partial charge on any atom is 0.319 e. The standard InChI is InChI=1S/C13H17N5O2/c1-2-9(8-19)16-13(20)17-11-7-15-18-12(11)10-5-3-4-6-14-10/h3-7,9,19H,2,8H2,1H3,(H,15,18)(H2,16,17,20). The molecule has 0 aliphatic heterocycles. The average molecular weight is 275 g/mol. The third kappa shape index (κ3) is 3.33. The Kier molecular flexibility index (Phi) is 4.67. The highest BCUT2D eigenvalue weighted by Crippen LogP contribution is 2.22. The van der Waals surface area contributed by atoms with Gasteiger partial charge in [0.15, 0.2) is 0 Å². The molecular formula is C13H17N5O2. The zero-order valence-electron chi connectivity index (χ0n) is 11.1. The summed E-state index contributed by atoms with van der Waals surface area (Å²) < 4.78 is 0. The lowest BCUT2D eigenvalue weighted by molar-refractivity contribution is 0.222. The normalized spacial score (nSPS) is 11.9. The third-order valence-electron chi connectivity index (χ3n) is 2.86. The number of nitrogens with one attached hydrogen (secondary N) is 3. The molecule has 0 aliphatic carbocycles. The first-order valence-corrected chi connectivity index (χ1v) is 6.37. The molecule has 0 radical (unpaired) electrons. The van der Waals surface area contributed by atoms with E-state index in [1.165, 1.54) is 6.20 Å². The highest BCUT2D eigenvalue weighted by molar-refractivity contribution is 5.93. The van der Waals surface area contributed by atoms with Crippen LogP contribution < -0.4 is 10.6 Å². The first-order chi connectivity index (χ1) is 9.74. The second-order valence-electron chi connectivity index (χ2n) is 4.26. The molecule has 7 nitrogen and oxygen atoms in total. The molecule has 0 fully saturated rings. The van der Waals surface area contributed by atoms with Crippen molar-refractivity contribution in [1.29, 1.82) is 0 Å². The van der Waals surface area contributed by atoms with Gasteiger partial charge in [-0.05, 0) is 18.6 Å². The zero-order chi connectivity index (χ0) is 14.4. The Balaban J connectivity index is 2.08. The van der Waals surface area contributed by atoms with Gasteiger partial charge in [-0.25, -0.2) is 4.79 Å². The van der Waals surface area contributed by atoms with Gasteiger partial charge < -0.3 is 15.7 Å². The van der Waals surface area contributed by atoms with Crippen LogP contribution in [0.4, 0.5) is 10.5 Å². The van der Waals surface area contributed by atoms with Gasteiger partial charge in [-0.2, -0.15) is 5.10 Å². The molecule has 2 aromatic rings. The third-order valence-corrected chi connectivity index (χ3v) is 2.86. The summed E-state index contributed by atoms with van der Waals surface area (Å²) in [6.45, 7) is 1.79. The van der Waals surface area contributed by atoms with E-state index in [0.29, 0.717) is 23.5 Å². The highest BCUT2D eigenvalue weighted by atomic mass is 16.3. The summed E-state index contributed by atoms with van der Waals surface area (Å²) in [4.78, 5) is 16.0. The molecule has 0 aliphatic rings. The van der Waals surface area contributed by atoms with Crippen LogP contribution >= 0.6 is 0 Å². The number of pyridine rings is 1. The quantitative estimate of drug-likeness (QED) is 0.661. The fourth-order valence-corrected chi connectivity index (χ4v) is 1.71. The van der Waals surface area contributed by atoms with Crippen LogP contribution in [-0.4, -0.2) is 39.0 Å². The van der Waals surface area contributed by atoms with E-state index in [4.69, 9.17) is 5.11 Å². The molecule has 1 unspecified atom stereocenters. The second kappa shape index (κ2) is 6.67. The summed E-state index contributed by atoms with van der Waals surface area (Å²) in [7, 11) is 0. The van der Waals surface area contributed by atoms with E-state index in [0.717, 1.165) is 0 Å². The number of hydrogen-bond acceptors (Lipinski definition) is 4. The van der Waals surface area contributed by atoms with E-state index in [1.54, 1.807) is 6.20 Å². The largest absolute Gasteiger partial charge is 0.394 e. The molecule has 20 heavy (non-hydrogen) atoms. The number of H-pyrrole nitrogens is 1. The molecule has 0 aromatic carbocycles. The summed E-state index contributed by atoms with van der Waals surface area (Å²) in [5.74, 6) is 0. The number of anilines is 1. The molecule has 0 saturated heterocycles. The summed E-state index contributed by atoms with van der Waals surface area (Å²) in [6, 6.07) is 4.84. The van der Waals surface area contributed by atoms with Crippen LogP contribution in [0.1, 0.15) is 13.3 Å². The van der Waals surface area contributed by atoms with E-state index in [-0.39, 0.29) is 18.7 Å². The van der Waals surface area contributed by atoms with E-state index < -0.39 is 0 Å². The van der Waals surface area contributed by atoms with Crippen molar-refractivity contribution in [3.05, 3.63) is 30.6 Å². The molecule has 2 rings (SSSR count). The lowest BCUT2D eigenvalue weighted by Gasteiger charge is -2.14. The number of aromatic amines is 1. The minimum atomic E-state index is -0.385. The fourth-order valence-electron chi connectivity index (χ4n) is 1.71. The van der Waals surface area contributed by atoms with E-state index >= 15 is 0 Å². The Labute approximate surface area is 116 Å². The fraction of sp³-hybridized carbons (Fsp3) is 0.308. The molecular weight excluding hydrogens is 258 g/mol. The molecule has 2 heterocycles. The summed E-state index contributed by atoms with van der Waals surface area (Å²) in [6.07, 6.45) is 3.84. The number of nitrogens with zero attached hydrogens (tertiary/aromatic N) is 2. The van der Waals surface area contributed by atoms with Gasteiger partial charge in [-0.15, -0.1) is 0 Å². The van der Waals surface area contributed by atoms with Gasteiger partial charge in [0.25, 0.3) is 0 Å². The van der Waals surface area contributed by atoms with Crippen LogP contribution in [0, 0.1) is 0 Å². The topological polar surface area (TPSA) is 103 Å². The molecule has 106 valence electrons. The molecule has 0 spiro atoms. The summed E-state index contributed by atoms with van der Waals surface area (Å²) in [5, 5.41) is 21.1. The maximum atomic E-state index is 11.8. The predicted molar refractivity (Wildman–Crippen MR) is 75.1 cm³/mol. The number of aliphatic hydroxyl groups is 1. The minimum Gasteiger partial charge on any atom is -0.394 e. The average Bonchev–Trinajstić information content (AvgIpc) is 2.93. The van der Waals surface area contributed by atoms with Crippen molar-refractivity contribution in [2.45, 2.75) is 19.4 Å². The van der Waals surface area contributed by atoms with Crippen molar-refractivity contribution in [3.63, 3.8) is 0 Å². The number of urea groups is 1. The lowest BCUT2D eigenvalue weighted by Crippen LogP contribution is -2.39. The van der Waals surface area contributed by atoms with Crippen LogP contribution in [0.25, 0.3) is 11.4 Å². The molecule has 2 aromatic heterocycles. The van der Waals surface area contributed by atoms with Crippen molar-refractivity contribution in [2.75, 3.05) is 11.9 Å². The number of rotatable bonds is 5. The van der Waals surface area contributed by atoms with Gasteiger partial charge >= 0.3 is 6.03 Å². The number of aromatic nitrogens is 3.